The molecule has 1 aliphatic heterocycles. The third-order valence-corrected chi connectivity index (χ3v) is 5.09. The van der Waals surface area contributed by atoms with Crippen molar-refractivity contribution in [3.05, 3.63) is 42.2 Å². The molecule has 150 valence electrons. The SMILES string of the molecule is COc1ccc(N(C)C2CC(=O)OC3=CC=CCC32)cc1OC(=O)C(C)(C)C. The predicted molar refractivity (Wildman–Crippen MR) is 106 cm³/mol. The van der Waals surface area contributed by atoms with E-state index in [1.54, 1.807) is 32.9 Å². The smallest absolute Gasteiger partial charge is 0.316 e. The minimum Gasteiger partial charge on any atom is -0.493 e. The van der Waals surface area contributed by atoms with Gasteiger partial charge in [-0.15, -0.1) is 0 Å². The molecule has 0 aromatic heterocycles. The van der Waals surface area contributed by atoms with E-state index in [1.165, 1.54) is 7.11 Å². The average Bonchev–Trinajstić information content (AvgIpc) is 2.65. The summed E-state index contributed by atoms with van der Waals surface area (Å²) in [5.41, 5.74) is 0.208. The van der Waals surface area contributed by atoms with Gasteiger partial charge < -0.3 is 19.1 Å². The Kier molecular flexibility index (Phi) is 5.49. The Morgan fingerprint density at radius 2 is 2.00 bits per heavy atom. The Labute approximate surface area is 165 Å². The van der Waals surface area contributed by atoms with Crippen molar-refractivity contribution in [2.24, 2.45) is 11.3 Å². The highest BCUT2D eigenvalue weighted by atomic mass is 16.6. The van der Waals surface area contributed by atoms with E-state index < -0.39 is 5.41 Å². The van der Waals surface area contributed by atoms with E-state index in [4.69, 9.17) is 14.2 Å². The summed E-state index contributed by atoms with van der Waals surface area (Å²) in [6.45, 7) is 5.40. The number of carbonyl (C=O) groups excluding carboxylic acids is 2. The standard InChI is InChI=1S/C22H27NO5/c1-22(2,3)21(25)28-19-12-14(10-11-18(19)26-5)23(4)16-13-20(24)27-17-9-7-6-8-15(16)17/h6-7,9-12,15-16H,8,13H2,1-5H3. The molecule has 0 spiro atoms. The predicted octanol–water partition coefficient (Wildman–Crippen LogP) is 3.86. The summed E-state index contributed by atoms with van der Waals surface area (Å²) in [6.07, 6.45) is 6.97. The average molecular weight is 385 g/mol. The normalized spacial score (nSPS) is 21.3. The van der Waals surface area contributed by atoms with Crippen LogP contribution >= 0.6 is 0 Å². The molecular weight excluding hydrogens is 358 g/mol. The van der Waals surface area contributed by atoms with Crippen LogP contribution in [0.25, 0.3) is 0 Å². The molecule has 0 N–H and O–H groups in total. The number of allylic oxidation sites excluding steroid dienone is 3. The van der Waals surface area contributed by atoms with Crippen molar-refractivity contribution in [1.82, 2.24) is 0 Å². The van der Waals surface area contributed by atoms with Gasteiger partial charge in [-0.2, -0.15) is 0 Å². The van der Waals surface area contributed by atoms with Gasteiger partial charge in [0.05, 0.1) is 18.9 Å². The van der Waals surface area contributed by atoms with Crippen molar-refractivity contribution >= 4 is 17.6 Å². The molecule has 3 rings (SSSR count). The number of benzene rings is 1. The number of hydrogen-bond acceptors (Lipinski definition) is 6. The van der Waals surface area contributed by atoms with Crippen LogP contribution in [-0.2, 0) is 14.3 Å². The fourth-order valence-electron chi connectivity index (χ4n) is 3.39. The minimum absolute atomic E-state index is 0.0444. The number of methoxy groups -OCH3 is 1. The molecule has 1 heterocycles. The molecule has 2 atom stereocenters. The molecular formula is C22H27NO5. The van der Waals surface area contributed by atoms with Crippen LogP contribution < -0.4 is 14.4 Å². The van der Waals surface area contributed by atoms with Gasteiger partial charge in [-0.25, -0.2) is 0 Å². The summed E-state index contributed by atoms with van der Waals surface area (Å²) in [6, 6.07) is 5.41. The number of anilines is 1. The molecule has 0 saturated carbocycles. The number of carbonyl (C=O) groups is 2. The van der Waals surface area contributed by atoms with E-state index in [0.717, 1.165) is 12.1 Å². The molecule has 0 amide bonds. The quantitative estimate of drug-likeness (QED) is 0.579. The maximum atomic E-state index is 12.3. The largest absolute Gasteiger partial charge is 0.493 e. The highest BCUT2D eigenvalue weighted by Crippen LogP contribution is 2.38. The van der Waals surface area contributed by atoms with Crippen molar-refractivity contribution < 1.29 is 23.8 Å². The maximum Gasteiger partial charge on any atom is 0.316 e. The molecule has 28 heavy (non-hydrogen) atoms. The van der Waals surface area contributed by atoms with Gasteiger partial charge in [-0.3, -0.25) is 9.59 Å². The lowest BCUT2D eigenvalue weighted by Crippen LogP contribution is -2.45. The van der Waals surface area contributed by atoms with Gasteiger partial charge in [0.25, 0.3) is 0 Å². The van der Waals surface area contributed by atoms with Crippen LogP contribution in [0.4, 0.5) is 5.69 Å². The van der Waals surface area contributed by atoms with Crippen molar-refractivity contribution in [3.8, 4) is 11.5 Å². The molecule has 0 radical (unpaired) electrons. The number of ether oxygens (including phenoxy) is 3. The van der Waals surface area contributed by atoms with Gasteiger partial charge >= 0.3 is 11.9 Å². The highest BCUT2D eigenvalue weighted by Gasteiger charge is 2.38. The third-order valence-electron chi connectivity index (χ3n) is 5.09. The van der Waals surface area contributed by atoms with Gasteiger partial charge in [0.2, 0.25) is 0 Å². The summed E-state index contributed by atoms with van der Waals surface area (Å²) in [4.78, 5) is 26.5. The molecule has 1 aromatic rings. The zero-order valence-electron chi connectivity index (χ0n) is 17.0. The van der Waals surface area contributed by atoms with E-state index in [-0.39, 0.29) is 23.9 Å². The second kappa shape index (κ2) is 7.70. The van der Waals surface area contributed by atoms with Gasteiger partial charge in [-0.05, 0) is 45.4 Å². The number of fused-ring (bicyclic) bond motifs is 1. The van der Waals surface area contributed by atoms with Crippen LogP contribution in [-0.4, -0.2) is 32.1 Å². The van der Waals surface area contributed by atoms with Gasteiger partial charge in [0.1, 0.15) is 5.76 Å². The summed E-state index contributed by atoms with van der Waals surface area (Å²) in [5.74, 6) is 1.10. The molecule has 6 heteroatoms. The minimum atomic E-state index is -0.631. The Morgan fingerprint density at radius 3 is 2.68 bits per heavy atom. The lowest BCUT2D eigenvalue weighted by molar-refractivity contribution is -0.144. The van der Waals surface area contributed by atoms with Crippen molar-refractivity contribution in [3.63, 3.8) is 0 Å². The summed E-state index contributed by atoms with van der Waals surface area (Å²) in [5, 5.41) is 0. The first-order valence-electron chi connectivity index (χ1n) is 9.41. The zero-order chi connectivity index (χ0) is 20.5. The Hall–Kier alpha value is -2.76. The zero-order valence-corrected chi connectivity index (χ0v) is 17.0. The number of nitrogens with zero attached hydrogens (tertiary/aromatic N) is 1. The first-order valence-corrected chi connectivity index (χ1v) is 9.41. The summed E-state index contributed by atoms with van der Waals surface area (Å²) in [7, 11) is 3.48. The molecule has 6 nitrogen and oxygen atoms in total. The topological polar surface area (TPSA) is 65.1 Å². The first-order chi connectivity index (χ1) is 13.2. The van der Waals surface area contributed by atoms with Crippen LogP contribution in [0.3, 0.4) is 0 Å². The van der Waals surface area contributed by atoms with Gasteiger partial charge in [0, 0.05) is 30.8 Å². The second-order valence-corrected chi connectivity index (χ2v) is 8.17. The van der Waals surface area contributed by atoms with Gasteiger partial charge in [-0.1, -0.05) is 12.2 Å². The second-order valence-electron chi connectivity index (χ2n) is 8.17. The Morgan fingerprint density at radius 1 is 1.25 bits per heavy atom. The summed E-state index contributed by atoms with van der Waals surface area (Å²) >= 11 is 0. The first kappa shape index (κ1) is 20.0. The monoisotopic (exact) mass is 385 g/mol. The van der Waals surface area contributed by atoms with Crippen LogP contribution in [0.2, 0.25) is 0 Å². The maximum absolute atomic E-state index is 12.3. The van der Waals surface area contributed by atoms with Crippen LogP contribution in [0, 0.1) is 11.3 Å². The van der Waals surface area contributed by atoms with E-state index in [9.17, 15) is 9.59 Å². The van der Waals surface area contributed by atoms with Crippen LogP contribution in [0.5, 0.6) is 11.5 Å². The fourth-order valence-corrected chi connectivity index (χ4v) is 3.39. The van der Waals surface area contributed by atoms with Crippen LogP contribution in [0.15, 0.2) is 42.2 Å². The number of esters is 2. The fraction of sp³-hybridized carbons (Fsp3) is 0.455. The third kappa shape index (κ3) is 4.06. The van der Waals surface area contributed by atoms with Crippen LogP contribution in [0.1, 0.15) is 33.6 Å². The molecule has 2 unspecified atom stereocenters. The number of hydrogen-bond donors (Lipinski definition) is 0. The van der Waals surface area contributed by atoms with E-state index >= 15 is 0 Å². The van der Waals surface area contributed by atoms with E-state index in [0.29, 0.717) is 23.7 Å². The molecule has 1 fully saturated rings. The lowest BCUT2D eigenvalue weighted by atomic mass is 9.86. The number of rotatable bonds is 4. The summed E-state index contributed by atoms with van der Waals surface area (Å²) < 4.78 is 16.4. The Bertz CT molecular complexity index is 834. The van der Waals surface area contributed by atoms with E-state index in [1.807, 2.05) is 30.2 Å². The molecule has 1 saturated heterocycles. The molecule has 1 aliphatic carbocycles. The van der Waals surface area contributed by atoms with Crippen molar-refractivity contribution in [2.75, 3.05) is 19.1 Å². The highest BCUT2D eigenvalue weighted by molar-refractivity contribution is 5.79. The Balaban J connectivity index is 1.89. The lowest BCUT2D eigenvalue weighted by Gasteiger charge is -2.40. The molecule has 1 aromatic carbocycles. The molecule has 2 aliphatic rings. The molecule has 0 bridgehead atoms. The van der Waals surface area contributed by atoms with Crippen molar-refractivity contribution in [2.45, 2.75) is 39.7 Å². The van der Waals surface area contributed by atoms with Crippen molar-refractivity contribution in [1.29, 1.82) is 0 Å². The van der Waals surface area contributed by atoms with Gasteiger partial charge in [0.15, 0.2) is 11.5 Å². The van der Waals surface area contributed by atoms with E-state index in [2.05, 4.69) is 6.08 Å².